The van der Waals surface area contributed by atoms with Gasteiger partial charge in [0.1, 0.15) is 5.92 Å². The van der Waals surface area contributed by atoms with Crippen molar-refractivity contribution in [2.45, 2.75) is 17.1 Å². The lowest BCUT2D eigenvalue weighted by Gasteiger charge is -2.45. The molecule has 1 saturated heterocycles. The molecule has 3 atom stereocenters. The van der Waals surface area contributed by atoms with E-state index in [2.05, 4.69) is 10.1 Å². The average molecular weight is 335 g/mol. The lowest BCUT2D eigenvalue weighted by molar-refractivity contribution is -0.201. The number of hydrogen-bond acceptors (Lipinski definition) is 4. The molecule has 1 aliphatic heterocycles. The number of urea groups is 1. The van der Waals surface area contributed by atoms with Gasteiger partial charge in [0.25, 0.3) is 0 Å². The molecule has 3 N–H and O–H groups in total. The molecule has 0 saturated carbocycles. The fraction of sp³-hybridized carbons (Fsp3) is 0.385. The molecular weight excluding hydrogens is 322 g/mol. The number of amides is 2. The van der Waals surface area contributed by atoms with E-state index in [9.17, 15) is 23.5 Å². The monoisotopic (exact) mass is 334 g/mol. The molecule has 22 heavy (non-hydrogen) atoms. The Hall–Kier alpha value is -1.93. The molecule has 0 bridgehead atoms. The van der Waals surface area contributed by atoms with Gasteiger partial charge in [0.15, 0.2) is 0 Å². The fourth-order valence-electron chi connectivity index (χ4n) is 2.37. The Kier molecular flexibility index (Phi) is 4.25. The number of esters is 1. The highest BCUT2D eigenvalue weighted by Gasteiger charge is 2.65. The predicted molar refractivity (Wildman–Crippen MR) is 72.1 cm³/mol. The number of hydrogen-bond donors (Lipinski definition) is 3. The third kappa shape index (κ3) is 2.71. The standard InChI is InChI=1S/C13H13ClF2N2O4/c1-22-10(19)8-9(7-5-3-2-4-6-7)17-11(20)18-12(8,21)13(14,15)16/h2-6,8-9,21H,1H3,(H2,17,18,20)/t8-,9+,12+/m0/s1. The van der Waals surface area contributed by atoms with E-state index >= 15 is 0 Å². The molecule has 0 aromatic heterocycles. The summed E-state index contributed by atoms with van der Waals surface area (Å²) in [5, 5.41) is 9.86. The van der Waals surface area contributed by atoms with E-state index in [1.165, 1.54) is 12.1 Å². The van der Waals surface area contributed by atoms with Crippen LogP contribution in [-0.2, 0) is 9.53 Å². The number of carbonyl (C=O) groups is 2. The highest BCUT2D eigenvalue weighted by Crippen LogP contribution is 2.44. The number of ether oxygens (including phenoxy) is 1. The number of nitrogens with one attached hydrogen (secondary N) is 2. The summed E-state index contributed by atoms with van der Waals surface area (Å²) < 4.78 is 31.8. The average Bonchev–Trinajstić information content (AvgIpc) is 2.45. The topological polar surface area (TPSA) is 87.7 Å². The van der Waals surface area contributed by atoms with Crippen molar-refractivity contribution >= 4 is 23.6 Å². The van der Waals surface area contributed by atoms with Crippen molar-refractivity contribution in [1.29, 1.82) is 0 Å². The van der Waals surface area contributed by atoms with Gasteiger partial charge in [-0.25, -0.2) is 4.79 Å². The van der Waals surface area contributed by atoms with Crippen LogP contribution >= 0.6 is 11.6 Å². The van der Waals surface area contributed by atoms with Crippen LogP contribution in [0.25, 0.3) is 0 Å². The third-order valence-corrected chi connectivity index (χ3v) is 3.71. The minimum absolute atomic E-state index is 0.340. The molecule has 120 valence electrons. The summed E-state index contributed by atoms with van der Waals surface area (Å²) in [6.07, 6.45) is 0. The SMILES string of the molecule is COC(=O)[C@@H]1[C@@H](c2ccccc2)NC(=O)N[C@]1(O)C(F)(F)Cl. The summed E-state index contributed by atoms with van der Waals surface area (Å²) in [5.74, 6) is -3.01. The van der Waals surface area contributed by atoms with Crippen LogP contribution in [-0.4, -0.2) is 35.3 Å². The predicted octanol–water partition coefficient (Wildman–Crippen LogP) is 1.35. The van der Waals surface area contributed by atoms with Gasteiger partial charge in [0.05, 0.1) is 13.2 Å². The van der Waals surface area contributed by atoms with E-state index in [-0.39, 0.29) is 0 Å². The van der Waals surface area contributed by atoms with Gasteiger partial charge in [0, 0.05) is 0 Å². The van der Waals surface area contributed by atoms with Crippen LogP contribution in [0.5, 0.6) is 0 Å². The number of benzene rings is 1. The van der Waals surface area contributed by atoms with E-state index in [1.54, 1.807) is 23.5 Å². The van der Waals surface area contributed by atoms with E-state index < -0.39 is 35.1 Å². The normalized spacial score (nSPS) is 28.5. The van der Waals surface area contributed by atoms with Gasteiger partial charge in [-0.2, -0.15) is 8.78 Å². The minimum atomic E-state index is -4.29. The molecule has 1 aliphatic rings. The third-order valence-electron chi connectivity index (χ3n) is 3.42. The van der Waals surface area contributed by atoms with Crippen LogP contribution in [0.2, 0.25) is 0 Å². The van der Waals surface area contributed by atoms with Crippen molar-refractivity contribution in [3.8, 4) is 0 Å². The Morgan fingerprint density at radius 3 is 2.50 bits per heavy atom. The summed E-state index contributed by atoms with van der Waals surface area (Å²) in [4.78, 5) is 23.6. The van der Waals surface area contributed by atoms with Gasteiger partial charge < -0.3 is 20.5 Å². The Morgan fingerprint density at radius 1 is 1.41 bits per heavy atom. The fourth-order valence-corrected chi connectivity index (χ4v) is 2.53. The maximum Gasteiger partial charge on any atom is 0.369 e. The lowest BCUT2D eigenvalue weighted by Crippen LogP contribution is -2.72. The molecule has 1 aromatic rings. The molecule has 6 nitrogen and oxygen atoms in total. The second kappa shape index (κ2) is 5.69. The molecule has 1 fully saturated rings. The minimum Gasteiger partial charge on any atom is -0.469 e. The molecule has 2 amide bonds. The van der Waals surface area contributed by atoms with Gasteiger partial charge in [-0.3, -0.25) is 4.79 Å². The van der Waals surface area contributed by atoms with Gasteiger partial charge in [0.2, 0.25) is 5.72 Å². The van der Waals surface area contributed by atoms with Crippen molar-refractivity contribution in [1.82, 2.24) is 10.6 Å². The molecule has 9 heteroatoms. The molecule has 1 heterocycles. The second-order valence-corrected chi connectivity index (χ2v) is 5.23. The molecular formula is C13H13ClF2N2O4. The first kappa shape index (κ1) is 16.4. The van der Waals surface area contributed by atoms with Crippen LogP contribution in [0.4, 0.5) is 13.6 Å². The zero-order valence-corrected chi connectivity index (χ0v) is 12.1. The highest BCUT2D eigenvalue weighted by molar-refractivity contribution is 6.22. The number of rotatable bonds is 3. The van der Waals surface area contributed by atoms with Gasteiger partial charge in [-0.15, -0.1) is 0 Å². The van der Waals surface area contributed by atoms with Crippen molar-refractivity contribution in [2.75, 3.05) is 7.11 Å². The van der Waals surface area contributed by atoms with Gasteiger partial charge in [-0.05, 0) is 17.2 Å². The Morgan fingerprint density at radius 2 is 2.00 bits per heavy atom. The van der Waals surface area contributed by atoms with E-state index in [0.717, 1.165) is 7.11 Å². The molecule has 0 spiro atoms. The summed E-state index contributed by atoms with van der Waals surface area (Å²) in [6, 6.07) is 5.56. The van der Waals surface area contributed by atoms with Crippen molar-refractivity contribution in [2.24, 2.45) is 5.92 Å². The molecule has 1 aromatic carbocycles. The van der Waals surface area contributed by atoms with Gasteiger partial charge in [-0.1, -0.05) is 30.3 Å². The number of halogens is 3. The Balaban J connectivity index is 2.56. The van der Waals surface area contributed by atoms with E-state index in [1.807, 2.05) is 0 Å². The highest BCUT2D eigenvalue weighted by atomic mass is 35.5. The molecule has 2 rings (SSSR count). The Bertz CT molecular complexity index is 581. The molecule has 0 aliphatic carbocycles. The smallest absolute Gasteiger partial charge is 0.369 e. The number of aliphatic hydroxyl groups is 1. The first-order chi connectivity index (χ1) is 10.2. The van der Waals surface area contributed by atoms with Crippen LogP contribution in [0.15, 0.2) is 30.3 Å². The van der Waals surface area contributed by atoms with Crippen molar-refractivity contribution in [3.05, 3.63) is 35.9 Å². The van der Waals surface area contributed by atoms with Crippen LogP contribution in [0.1, 0.15) is 11.6 Å². The van der Waals surface area contributed by atoms with Crippen LogP contribution < -0.4 is 10.6 Å². The van der Waals surface area contributed by atoms with Crippen molar-refractivity contribution in [3.63, 3.8) is 0 Å². The van der Waals surface area contributed by atoms with E-state index in [4.69, 9.17) is 11.6 Å². The van der Waals surface area contributed by atoms with Gasteiger partial charge >= 0.3 is 17.4 Å². The second-order valence-electron chi connectivity index (χ2n) is 4.75. The first-order valence-electron chi connectivity index (χ1n) is 6.21. The maximum atomic E-state index is 13.7. The zero-order chi connectivity index (χ0) is 16.5. The quantitative estimate of drug-likeness (QED) is 0.575. The summed E-state index contributed by atoms with van der Waals surface area (Å²) in [7, 11) is 0.980. The van der Waals surface area contributed by atoms with E-state index in [0.29, 0.717) is 5.56 Å². The largest absolute Gasteiger partial charge is 0.469 e. The van der Waals surface area contributed by atoms with Crippen LogP contribution in [0, 0.1) is 5.92 Å². The number of methoxy groups -OCH3 is 1. The zero-order valence-electron chi connectivity index (χ0n) is 11.3. The summed E-state index contributed by atoms with van der Waals surface area (Å²) in [5.41, 5.74) is -2.96. The summed E-state index contributed by atoms with van der Waals surface area (Å²) in [6.45, 7) is 0. The van der Waals surface area contributed by atoms with Crippen molar-refractivity contribution < 1.29 is 28.2 Å². The first-order valence-corrected chi connectivity index (χ1v) is 6.59. The molecule has 0 unspecified atom stereocenters. The molecule has 0 radical (unpaired) electrons. The number of carbonyl (C=O) groups excluding carboxylic acids is 2. The number of alkyl halides is 3. The van der Waals surface area contributed by atoms with Crippen LogP contribution in [0.3, 0.4) is 0 Å². The lowest BCUT2D eigenvalue weighted by atomic mass is 9.82. The maximum absolute atomic E-state index is 13.7. The summed E-state index contributed by atoms with van der Waals surface area (Å²) >= 11 is 4.93. The Labute approximate surface area is 129 Å².